The van der Waals surface area contributed by atoms with Gasteiger partial charge >= 0.3 is 84.6 Å². The van der Waals surface area contributed by atoms with Crippen LogP contribution in [0.5, 0.6) is 0 Å². The molecule has 1 heterocycles. The molecule has 0 unspecified atom stereocenters. The molecule has 0 N–H and O–H groups in total. The van der Waals surface area contributed by atoms with E-state index < -0.39 is 21.4 Å². The molecule has 1 aromatic carbocycles. The van der Waals surface area contributed by atoms with Gasteiger partial charge in [-0.25, -0.2) is 0 Å². The van der Waals surface area contributed by atoms with Crippen LogP contribution in [-0.2, 0) is 16.0 Å². The Hall–Kier alpha value is -0.570. The van der Waals surface area contributed by atoms with E-state index in [4.69, 9.17) is 0 Å². The van der Waals surface area contributed by atoms with Crippen LogP contribution in [-0.4, -0.2) is 31.3 Å². The topological polar surface area (TPSA) is 34.1 Å². The second-order valence-electron chi connectivity index (χ2n) is 3.30. The van der Waals surface area contributed by atoms with E-state index in [1.165, 1.54) is 8.88 Å². The van der Waals surface area contributed by atoms with E-state index in [9.17, 15) is 9.59 Å². The van der Waals surface area contributed by atoms with E-state index in [1.807, 2.05) is 24.3 Å². The molecule has 1 aliphatic rings. The summed E-state index contributed by atoms with van der Waals surface area (Å²) in [7, 11) is 0. The van der Waals surface area contributed by atoms with Crippen molar-refractivity contribution in [3.05, 3.63) is 29.8 Å². The van der Waals surface area contributed by atoms with E-state index in [1.54, 1.807) is 0 Å². The maximum absolute atomic E-state index is 11.6. The van der Waals surface area contributed by atoms with E-state index in [-0.39, 0.29) is 0 Å². The number of carbonyl (C=O) groups is 2. The minimum atomic E-state index is -2.30. The molecule has 1 aliphatic heterocycles. The number of aldehydes is 1. The van der Waals surface area contributed by atoms with Crippen LogP contribution >= 0.6 is 0 Å². The van der Waals surface area contributed by atoms with Gasteiger partial charge in [0.2, 0.25) is 0 Å². The zero-order chi connectivity index (χ0) is 9.26. The third-order valence-corrected chi connectivity index (χ3v) is 11.0. The number of rotatable bonds is 2. The van der Waals surface area contributed by atoms with Gasteiger partial charge in [0.15, 0.2) is 0 Å². The van der Waals surface area contributed by atoms with Crippen LogP contribution in [0.2, 0.25) is 4.18 Å². The molecule has 0 spiro atoms. The molecule has 64 valence electrons. The summed E-state index contributed by atoms with van der Waals surface area (Å²) in [6.45, 7) is 0. The second-order valence-corrected chi connectivity index (χ2v) is 11.4. The van der Waals surface area contributed by atoms with Gasteiger partial charge in [0, 0.05) is 0 Å². The molecule has 2 nitrogen and oxygen atoms in total. The van der Waals surface area contributed by atoms with Gasteiger partial charge in [0.25, 0.3) is 0 Å². The molecule has 0 saturated heterocycles. The van der Waals surface area contributed by atoms with Crippen LogP contribution in [0.1, 0.15) is 5.56 Å². The average molecular weight is 276 g/mol. The SMILES string of the molecule is O=C[CH2][In]1[C](=O)Cc2cccc[c]21. The number of benzene rings is 1. The van der Waals surface area contributed by atoms with Crippen molar-refractivity contribution in [3.8, 4) is 0 Å². The molecule has 0 aromatic heterocycles. The molecule has 0 radical (unpaired) electrons. The molecule has 1 aromatic rings. The third kappa shape index (κ3) is 1.57. The Morgan fingerprint density at radius 2 is 2.15 bits per heavy atom. The van der Waals surface area contributed by atoms with Gasteiger partial charge in [0.05, 0.1) is 0 Å². The number of fused-ring (bicyclic) bond motifs is 1. The van der Waals surface area contributed by atoms with E-state index >= 15 is 0 Å². The fraction of sp³-hybridized carbons (Fsp3) is 0.200. The zero-order valence-electron chi connectivity index (χ0n) is 7.19. The maximum atomic E-state index is 11.6. The van der Waals surface area contributed by atoms with Gasteiger partial charge in [-0.2, -0.15) is 0 Å². The molecule has 2 rings (SSSR count). The van der Waals surface area contributed by atoms with Crippen molar-refractivity contribution >= 4 is 34.6 Å². The van der Waals surface area contributed by atoms with Gasteiger partial charge in [0.1, 0.15) is 0 Å². The third-order valence-electron chi connectivity index (χ3n) is 2.52. The molecule has 0 atom stereocenters. The first-order valence-corrected chi connectivity index (χ1v) is 9.99. The Morgan fingerprint density at radius 1 is 1.38 bits per heavy atom. The van der Waals surface area contributed by atoms with Crippen molar-refractivity contribution in [2.75, 3.05) is 0 Å². The van der Waals surface area contributed by atoms with Gasteiger partial charge in [-0.3, -0.25) is 0 Å². The van der Waals surface area contributed by atoms with Crippen molar-refractivity contribution in [1.82, 2.24) is 0 Å². The Labute approximate surface area is 84.5 Å². The summed E-state index contributed by atoms with van der Waals surface area (Å²) in [6.07, 6.45) is 1.51. The summed E-state index contributed by atoms with van der Waals surface area (Å²) in [5.74, 6) is 0. The summed E-state index contributed by atoms with van der Waals surface area (Å²) in [6, 6.07) is 7.97. The number of carbonyl (C=O) groups excluding carboxylic acids is 2. The zero-order valence-corrected chi connectivity index (χ0v) is 10.5. The van der Waals surface area contributed by atoms with E-state index in [0.29, 0.717) is 14.1 Å². The van der Waals surface area contributed by atoms with Crippen LogP contribution < -0.4 is 3.32 Å². The van der Waals surface area contributed by atoms with Crippen molar-refractivity contribution in [2.24, 2.45) is 0 Å². The number of hydrogen-bond donors (Lipinski definition) is 0. The second kappa shape index (κ2) is 3.66. The predicted molar refractivity (Wildman–Crippen MR) is 51.4 cm³/mol. The van der Waals surface area contributed by atoms with Crippen LogP contribution in [0.4, 0.5) is 0 Å². The summed E-state index contributed by atoms with van der Waals surface area (Å²) >= 11 is -2.30. The summed E-state index contributed by atoms with van der Waals surface area (Å²) in [4.78, 5) is 22.0. The summed E-state index contributed by atoms with van der Waals surface area (Å²) < 4.78 is 2.17. The predicted octanol–water partition coefficient (Wildman–Crippen LogP) is 0.252. The van der Waals surface area contributed by atoms with Crippen molar-refractivity contribution in [2.45, 2.75) is 10.6 Å². The van der Waals surface area contributed by atoms with Gasteiger partial charge < -0.3 is 0 Å². The first kappa shape index (κ1) is 9.00. The summed E-state index contributed by atoms with van der Waals surface area (Å²) in [5.41, 5.74) is 1.18. The quantitative estimate of drug-likeness (QED) is 0.726. The molecule has 0 aliphatic carbocycles. The monoisotopic (exact) mass is 276 g/mol. The van der Waals surface area contributed by atoms with Crippen LogP contribution in [0, 0.1) is 0 Å². The molecule has 0 amide bonds. The molecule has 0 saturated carbocycles. The van der Waals surface area contributed by atoms with Gasteiger partial charge in [-0.05, 0) is 0 Å². The fourth-order valence-corrected chi connectivity index (χ4v) is 9.04. The summed E-state index contributed by atoms with van der Waals surface area (Å²) in [5, 5.41) is 0. The minimum absolute atomic E-state index is 0.384. The Morgan fingerprint density at radius 3 is 2.92 bits per heavy atom. The van der Waals surface area contributed by atoms with E-state index in [0.717, 1.165) is 6.29 Å². The Balaban J connectivity index is 2.40. The molecular weight excluding hydrogens is 267 g/mol. The van der Waals surface area contributed by atoms with Crippen LogP contribution in [0.25, 0.3) is 0 Å². The van der Waals surface area contributed by atoms with Crippen LogP contribution in [0.15, 0.2) is 24.3 Å². The molecular formula is C10H9InO2. The molecule has 0 fully saturated rings. The Kier molecular flexibility index (Phi) is 2.54. The van der Waals surface area contributed by atoms with Crippen molar-refractivity contribution < 1.29 is 9.59 Å². The standard InChI is InChI=1S/C8H6O.C2H3O.In/c9-7-6-8-4-2-1-3-5-8;1-2-3;/h1-4H,6H2;2H,1H2;. The first-order valence-electron chi connectivity index (χ1n) is 4.37. The normalized spacial score (nSPS) is 14.5. The van der Waals surface area contributed by atoms with Gasteiger partial charge in [-0.15, -0.1) is 0 Å². The molecule has 3 heteroatoms. The number of hydrogen-bond acceptors (Lipinski definition) is 2. The molecule has 13 heavy (non-hydrogen) atoms. The first-order chi connectivity index (χ1) is 6.33. The van der Waals surface area contributed by atoms with Crippen molar-refractivity contribution in [1.29, 1.82) is 0 Å². The molecule has 0 bridgehead atoms. The van der Waals surface area contributed by atoms with Crippen LogP contribution in [0.3, 0.4) is 0 Å². The van der Waals surface area contributed by atoms with Gasteiger partial charge in [-0.1, -0.05) is 0 Å². The Bertz CT molecular complexity index is 360. The van der Waals surface area contributed by atoms with E-state index in [2.05, 4.69) is 0 Å². The average Bonchev–Trinajstić information content (AvgIpc) is 2.44. The van der Waals surface area contributed by atoms with Crippen molar-refractivity contribution in [3.63, 3.8) is 0 Å². The fourth-order valence-electron chi connectivity index (χ4n) is 1.87.